The molecule has 1 atom stereocenters. The number of hydrogen-bond donors (Lipinski definition) is 0. The van der Waals surface area contributed by atoms with Crippen LogP contribution in [0.3, 0.4) is 0 Å². The molecule has 6 nitrogen and oxygen atoms in total. The van der Waals surface area contributed by atoms with Crippen molar-refractivity contribution in [1.29, 1.82) is 0 Å². The Morgan fingerprint density at radius 2 is 1.71 bits per heavy atom. The predicted molar refractivity (Wildman–Crippen MR) is 93.6 cm³/mol. The molecule has 24 heavy (non-hydrogen) atoms. The number of piperazine rings is 1. The lowest BCUT2D eigenvalue weighted by Crippen LogP contribution is -2.47. The molecular formula is C18H26N4O2. The van der Waals surface area contributed by atoms with E-state index in [1.54, 1.807) is 7.11 Å². The zero-order chi connectivity index (χ0) is 17.1. The fourth-order valence-electron chi connectivity index (χ4n) is 2.97. The van der Waals surface area contributed by atoms with Gasteiger partial charge in [-0.15, -0.1) is 0 Å². The highest BCUT2D eigenvalue weighted by molar-refractivity contribution is 5.49. The number of hydrogen-bond acceptors (Lipinski definition) is 6. The van der Waals surface area contributed by atoms with Crippen molar-refractivity contribution in [3.63, 3.8) is 0 Å². The molecular weight excluding hydrogens is 304 g/mol. The van der Waals surface area contributed by atoms with Gasteiger partial charge in [-0.1, -0.05) is 19.0 Å². The van der Waals surface area contributed by atoms with Crippen molar-refractivity contribution >= 4 is 5.69 Å². The number of anilines is 1. The number of ether oxygens (including phenoxy) is 1. The largest absolute Gasteiger partial charge is 0.497 e. The Hall–Kier alpha value is -2.08. The van der Waals surface area contributed by atoms with Crippen molar-refractivity contribution in [3.8, 4) is 5.75 Å². The number of aromatic nitrogens is 2. The van der Waals surface area contributed by atoms with Gasteiger partial charge >= 0.3 is 0 Å². The van der Waals surface area contributed by atoms with Crippen molar-refractivity contribution < 1.29 is 9.26 Å². The van der Waals surface area contributed by atoms with Crippen LogP contribution in [0.2, 0.25) is 0 Å². The van der Waals surface area contributed by atoms with E-state index in [-0.39, 0.29) is 6.04 Å². The molecule has 0 N–H and O–H groups in total. The van der Waals surface area contributed by atoms with Crippen LogP contribution in [-0.4, -0.2) is 48.3 Å². The number of nitrogens with zero attached hydrogens (tertiary/aromatic N) is 4. The summed E-state index contributed by atoms with van der Waals surface area (Å²) in [5, 5.41) is 4.08. The van der Waals surface area contributed by atoms with E-state index in [1.165, 1.54) is 5.69 Å². The van der Waals surface area contributed by atoms with Crippen molar-refractivity contribution in [1.82, 2.24) is 15.0 Å². The molecule has 1 aromatic carbocycles. The Kier molecular flexibility index (Phi) is 5.04. The molecule has 0 unspecified atom stereocenters. The highest BCUT2D eigenvalue weighted by Crippen LogP contribution is 2.25. The highest BCUT2D eigenvalue weighted by Gasteiger charge is 2.26. The van der Waals surface area contributed by atoms with Crippen molar-refractivity contribution in [2.75, 3.05) is 38.2 Å². The van der Waals surface area contributed by atoms with Crippen LogP contribution < -0.4 is 9.64 Å². The zero-order valence-corrected chi connectivity index (χ0v) is 14.9. The first-order valence-electron chi connectivity index (χ1n) is 8.55. The highest BCUT2D eigenvalue weighted by atomic mass is 16.5. The monoisotopic (exact) mass is 330 g/mol. The number of rotatable bonds is 5. The summed E-state index contributed by atoms with van der Waals surface area (Å²) in [6.45, 7) is 10.2. The summed E-state index contributed by atoms with van der Waals surface area (Å²) in [6.07, 6.45) is 0. The van der Waals surface area contributed by atoms with Gasteiger partial charge in [-0.3, -0.25) is 4.90 Å². The Labute approximate surface area is 143 Å². The van der Waals surface area contributed by atoms with Gasteiger partial charge in [0.2, 0.25) is 5.89 Å². The Morgan fingerprint density at radius 3 is 2.25 bits per heavy atom. The smallest absolute Gasteiger partial charge is 0.243 e. The average Bonchev–Trinajstić information content (AvgIpc) is 3.12. The molecule has 1 aliphatic rings. The van der Waals surface area contributed by atoms with Gasteiger partial charge in [0.25, 0.3) is 0 Å². The summed E-state index contributed by atoms with van der Waals surface area (Å²) in [7, 11) is 1.69. The van der Waals surface area contributed by atoms with Crippen LogP contribution in [0.25, 0.3) is 0 Å². The Balaban J connectivity index is 1.59. The maximum absolute atomic E-state index is 5.45. The normalized spacial score (nSPS) is 17.3. The van der Waals surface area contributed by atoms with Gasteiger partial charge < -0.3 is 14.2 Å². The molecule has 0 aliphatic carbocycles. The molecule has 130 valence electrons. The van der Waals surface area contributed by atoms with Crippen LogP contribution in [0.4, 0.5) is 5.69 Å². The van der Waals surface area contributed by atoms with Gasteiger partial charge in [0.15, 0.2) is 5.82 Å². The molecule has 0 amide bonds. The zero-order valence-electron chi connectivity index (χ0n) is 14.9. The summed E-state index contributed by atoms with van der Waals surface area (Å²) >= 11 is 0. The third-order valence-electron chi connectivity index (χ3n) is 4.63. The second-order valence-corrected chi connectivity index (χ2v) is 6.54. The standard InChI is InChI=1S/C18H26N4O2/c1-13(2)17-19-18(24-20-17)14(3)21-9-11-22(12-10-21)15-5-7-16(23-4)8-6-15/h5-8,13-14H,9-12H2,1-4H3/t14-/m1/s1. The number of methoxy groups -OCH3 is 1. The van der Waals surface area contributed by atoms with Gasteiger partial charge in [0.05, 0.1) is 13.2 Å². The van der Waals surface area contributed by atoms with Crippen LogP contribution >= 0.6 is 0 Å². The Bertz CT molecular complexity index is 645. The third-order valence-corrected chi connectivity index (χ3v) is 4.63. The first-order chi connectivity index (χ1) is 11.6. The lowest BCUT2D eigenvalue weighted by molar-refractivity contribution is 0.164. The first-order valence-corrected chi connectivity index (χ1v) is 8.55. The molecule has 0 bridgehead atoms. The maximum Gasteiger partial charge on any atom is 0.243 e. The first kappa shape index (κ1) is 16.8. The summed E-state index contributed by atoms with van der Waals surface area (Å²) in [4.78, 5) is 9.33. The molecule has 3 rings (SSSR count). The van der Waals surface area contributed by atoms with Crippen molar-refractivity contribution in [2.24, 2.45) is 0 Å². The molecule has 0 spiro atoms. The molecule has 0 saturated carbocycles. The third kappa shape index (κ3) is 3.53. The second-order valence-electron chi connectivity index (χ2n) is 6.54. The topological polar surface area (TPSA) is 54.6 Å². The summed E-state index contributed by atoms with van der Waals surface area (Å²) < 4.78 is 10.7. The van der Waals surface area contributed by atoms with Gasteiger partial charge in [0.1, 0.15) is 5.75 Å². The van der Waals surface area contributed by atoms with Gasteiger partial charge in [-0.2, -0.15) is 4.98 Å². The van der Waals surface area contributed by atoms with Crippen molar-refractivity contribution in [3.05, 3.63) is 36.0 Å². The Morgan fingerprint density at radius 1 is 1.04 bits per heavy atom. The second kappa shape index (κ2) is 7.21. The van der Waals surface area contributed by atoms with E-state index in [9.17, 15) is 0 Å². The van der Waals surface area contributed by atoms with E-state index in [0.29, 0.717) is 5.92 Å². The van der Waals surface area contributed by atoms with E-state index < -0.39 is 0 Å². The lowest BCUT2D eigenvalue weighted by Gasteiger charge is -2.38. The van der Waals surface area contributed by atoms with E-state index in [0.717, 1.165) is 43.6 Å². The molecule has 2 heterocycles. The van der Waals surface area contributed by atoms with Gasteiger partial charge in [0, 0.05) is 37.8 Å². The van der Waals surface area contributed by atoms with E-state index in [4.69, 9.17) is 9.26 Å². The van der Waals surface area contributed by atoms with Gasteiger partial charge in [-0.25, -0.2) is 0 Å². The molecule has 1 aromatic heterocycles. The molecule has 2 aromatic rings. The summed E-state index contributed by atoms with van der Waals surface area (Å²) in [5.41, 5.74) is 1.24. The quantitative estimate of drug-likeness (QED) is 0.840. The van der Waals surface area contributed by atoms with Gasteiger partial charge in [-0.05, 0) is 31.2 Å². The van der Waals surface area contributed by atoms with E-state index in [1.807, 2.05) is 12.1 Å². The minimum Gasteiger partial charge on any atom is -0.497 e. The summed E-state index contributed by atoms with van der Waals surface area (Å²) in [6, 6.07) is 8.41. The van der Waals surface area contributed by atoms with Crippen molar-refractivity contribution in [2.45, 2.75) is 32.7 Å². The summed E-state index contributed by atoms with van der Waals surface area (Å²) in [5.74, 6) is 2.69. The van der Waals surface area contributed by atoms with Crippen LogP contribution in [-0.2, 0) is 0 Å². The average molecular weight is 330 g/mol. The molecule has 1 fully saturated rings. The fourth-order valence-corrected chi connectivity index (χ4v) is 2.97. The van der Waals surface area contributed by atoms with E-state index >= 15 is 0 Å². The fraction of sp³-hybridized carbons (Fsp3) is 0.556. The predicted octanol–water partition coefficient (Wildman–Crippen LogP) is 3.08. The van der Waals surface area contributed by atoms with Crippen LogP contribution in [0, 0.1) is 0 Å². The molecule has 1 saturated heterocycles. The number of benzene rings is 1. The van der Waals surface area contributed by atoms with Crippen LogP contribution in [0.5, 0.6) is 5.75 Å². The minimum atomic E-state index is 0.156. The lowest BCUT2D eigenvalue weighted by atomic mass is 10.2. The van der Waals surface area contributed by atoms with Crippen LogP contribution in [0.15, 0.2) is 28.8 Å². The molecule has 0 radical (unpaired) electrons. The molecule has 1 aliphatic heterocycles. The molecule has 6 heteroatoms. The SMILES string of the molecule is COc1ccc(N2CCN([C@H](C)c3nc(C(C)C)no3)CC2)cc1. The minimum absolute atomic E-state index is 0.156. The van der Waals surface area contributed by atoms with E-state index in [2.05, 4.69) is 52.8 Å². The van der Waals surface area contributed by atoms with Crippen LogP contribution in [0.1, 0.15) is 44.4 Å². The maximum atomic E-state index is 5.45.